The highest BCUT2D eigenvalue weighted by molar-refractivity contribution is 6.01. The number of benzene rings is 2. The number of fused-ring (bicyclic) bond motifs is 2. The molecule has 43 heavy (non-hydrogen) atoms. The Kier molecular flexibility index (Phi) is 6.78. The number of nitrogens with one attached hydrogen (secondary N) is 2. The molecule has 0 bridgehead atoms. The van der Waals surface area contributed by atoms with Crippen molar-refractivity contribution >= 4 is 45.7 Å². The number of carbonyl (C=O) groups excluding carboxylic acids is 4. The molecule has 0 aliphatic carbocycles. The smallest absolute Gasteiger partial charge is 0.249 e. The first-order valence-electron chi connectivity index (χ1n) is 14.9. The lowest BCUT2D eigenvalue weighted by Crippen LogP contribution is -2.41. The minimum Gasteiger partial charge on any atom is -0.323 e. The second-order valence-corrected chi connectivity index (χ2v) is 13.9. The molecular weight excluding hydrogens is 544 g/mol. The Morgan fingerprint density at radius 3 is 2.14 bits per heavy atom. The summed E-state index contributed by atoms with van der Waals surface area (Å²) in [5.74, 6) is -1.10. The molecular formula is C33H38N6O4. The summed E-state index contributed by atoms with van der Waals surface area (Å²) in [4.78, 5) is 59.7. The van der Waals surface area contributed by atoms with Crippen LogP contribution in [-0.2, 0) is 36.6 Å². The van der Waals surface area contributed by atoms with Crippen molar-refractivity contribution in [2.24, 2.45) is 0 Å². The Morgan fingerprint density at radius 2 is 1.49 bits per heavy atom. The van der Waals surface area contributed by atoms with Crippen LogP contribution < -0.4 is 10.6 Å². The largest absolute Gasteiger partial charge is 0.323 e. The fraction of sp³-hybridized carbons (Fsp3) is 0.455. The number of aromatic nitrogens is 4. The average molecular weight is 583 g/mol. The number of imidazole rings is 2. The normalized spacial score (nSPS) is 20.1. The van der Waals surface area contributed by atoms with Crippen LogP contribution in [0.2, 0.25) is 0 Å². The maximum atomic E-state index is 13.1. The second kappa shape index (κ2) is 10.1. The van der Waals surface area contributed by atoms with E-state index in [1.165, 1.54) is 0 Å². The summed E-state index contributed by atoms with van der Waals surface area (Å²) in [6.07, 6.45) is 3.03. The zero-order valence-electron chi connectivity index (χ0n) is 25.6. The van der Waals surface area contributed by atoms with Gasteiger partial charge in [0.05, 0.1) is 34.3 Å². The number of amides is 4. The number of carbonyl (C=O) groups is 4. The third-order valence-corrected chi connectivity index (χ3v) is 8.60. The van der Waals surface area contributed by atoms with Crippen LogP contribution >= 0.6 is 0 Å². The van der Waals surface area contributed by atoms with E-state index in [0.717, 1.165) is 38.8 Å². The van der Waals surface area contributed by atoms with E-state index in [1.54, 1.807) is 6.33 Å². The van der Waals surface area contributed by atoms with E-state index in [0.29, 0.717) is 25.2 Å². The van der Waals surface area contributed by atoms with Crippen molar-refractivity contribution in [3.05, 3.63) is 59.2 Å². The van der Waals surface area contributed by atoms with Gasteiger partial charge in [0.15, 0.2) is 0 Å². The van der Waals surface area contributed by atoms with Crippen molar-refractivity contribution in [2.75, 3.05) is 0 Å². The number of rotatable bonds is 4. The third-order valence-electron chi connectivity index (χ3n) is 8.60. The summed E-state index contributed by atoms with van der Waals surface area (Å²) < 4.78 is 3.98. The third kappa shape index (κ3) is 5.13. The Balaban J connectivity index is 1.54. The molecule has 4 heterocycles. The lowest BCUT2D eigenvalue weighted by atomic mass is 9.85. The van der Waals surface area contributed by atoms with Gasteiger partial charge in [0, 0.05) is 19.4 Å². The van der Waals surface area contributed by atoms with Crippen LogP contribution in [-0.4, -0.2) is 42.7 Å². The zero-order chi connectivity index (χ0) is 30.8. The summed E-state index contributed by atoms with van der Waals surface area (Å²) in [5, 5.41) is 4.97. The van der Waals surface area contributed by atoms with Gasteiger partial charge in [-0.15, -0.1) is 0 Å². The van der Waals surface area contributed by atoms with Crippen LogP contribution in [0.5, 0.6) is 0 Å². The molecule has 2 N–H and O–H groups in total. The van der Waals surface area contributed by atoms with E-state index >= 15 is 0 Å². The van der Waals surface area contributed by atoms with Crippen LogP contribution in [0.3, 0.4) is 0 Å². The maximum Gasteiger partial charge on any atom is 0.249 e. The van der Waals surface area contributed by atoms with Gasteiger partial charge in [0.2, 0.25) is 23.6 Å². The molecule has 6 rings (SSSR count). The molecule has 2 aromatic heterocycles. The van der Waals surface area contributed by atoms with Crippen LogP contribution in [0.15, 0.2) is 36.7 Å². The lowest BCUT2D eigenvalue weighted by molar-refractivity contribution is -0.136. The van der Waals surface area contributed by atoms with Crippen molar-refractivity contribution in [1.29, 1.82) is 0 Å². The SMILES string of the molecule is CC(C)(C)c1cc(Cn2c(C3CCC(=O)NC3=O)nc3c(C(C)(C)C)cccc32)cc2c1ncn2C1CCC(=O)NC1=O. The molecule has 2 saturated heterocycles. The first-order valence-corrected chi connectivity index (χ1v) is 14.9. The van der Waals surface area contributed by atoms with Crippen molar-refractivity contribution in [3.63, 3.8) is 0 Å². The average Bonchev–Trinajstić information content (AvgIpc) is 3.49. The highest BCUT2D eigenvalue weighted by atomic mass is 16.2. The van der Waals surface area contributed by atoms with Crippen LogP contribution in [0, 0.1) is 0 Å². The predicted molar refractivity (Wildman–Crippen MR) is 163 cm³/mol. The molecule has 2 fully saturated rings. The van der Waals surface area contributed by atoms with Crippen LogP contribution in [0.25, 0.3) is 22.1 Å². The molecule has 2 aromatic carbocycles. The molecule has 0 radical (unpaired) electrons. The van der Waals surface area contributed by atoms with E-state index in [4.69, 9.17) is 9.97 Å². The topological polar surface area (TPSA) is 128 Å². The second-order valence-electron chi connectivity index (χ2n) is 13.9. The Morgan fingerprint density at radius 1 is 0.814 bits per heavy atom. The number of piperidine rings is 2. The summed E-state index contributed by atoms with van der Waals surface area (Å²) >= 11 is 0. The first kappa shape index (κ1) is 28.8. The van der Waals surface area contributed by atoms with Gasteiger partial charge < -0.3 is 9.13 Å². The molecule has 10 heteroatoms. The van der Waals surface area contributed by atoms with Crippen LogP contribution in [0.4, 0.5) is 0 Å². The summed E-state index contributed by atoms with van der Waals surface area (Å²) in [6.45, 7) is 13.3. The van der Waals surface area contributed by atoms with E-state index in [9.17, 15) is 19.2 Å². The molecule has 2 aliphatic heterocycles. The monoisotopic (exact) mass is 582 g/mol. The van der Waals surface area contributed by atoms with Gasteiger partial charge in [0.1, 0.15) is 11.9 Å². The predicted octanol–water partition coefficient (Wildman–Crippen LogP) is 4.53. The highest BCUT2D eigenvalue weighted by Gasteiger charge is 2.34. The van der Waals surface area contributed by atoms with E-state index < -0.39 is 12.0 Å². The van der Waals surface area contributed by atoms with Gasteiger partial charge in [-0.05, 0) is 52.5 Å². The first-order chi connectivity index (χ1) is 20.2. The molecule has 0 spiro atoms. The Bertz CT molecular complexity index is 1820. The number of para-hydroxylation sites is 1. The van der Waals surface area contributed by atoms with Crippen molar-refractivity contribution in [1.82, 2.24) is 29.7 Å². The Labute approximate surface area is 250 Å². The van der Waals surface area contributed by atoms with Gasteiger partial charge in [0.25, 0.3) is 0 Å². The number of nitrogens with zero attached hydrogens (tertiary/aromatic N) is 4. The molecule has 2 unspecified atom stereocenters. The minimum atomic E-state index is -0.558. The van der Waals surface area contributed by atoms with E-state index in [1.807, 2.05) is 16.7 Å². The summed E-state index contributed by atoms with van der Waals surface area (Å²) in [7, 11) is 0. The standard InChI is InChI=1S/C33H38N6O4/c1-32(2,3)20-8-7-9-22-28(20)37-29(19-10-12-25(40)35-30(19)42)38(22)16-18-14-21(33(4,5)6)27-24(15-18)39(17-34-27)23-11-13-26(41)36-31(23)43/h7-9,14-15,17,19,23H,10-13,16H2,1-6H3,(H,35,40,42)(H,36,41,43). The maximum absolute atomic E-state index is 13.1. The number of imide groups is 2. The number of hydrogen-bond donors (Lipinski definition) is 2. The van der Waals surface area contributed by atoms with E-state index in [-0.39, 0.29) is 47.3 Å². The minimum absolute atomic E-state index is 0.173. The molecule has 2 atom stereocenters. The summed E-state index contributed by atoms with van der Waals surface area (Å²) in [5.41, 5.74) is 6.07. The Hall–Kier alpha value is -4.34. The number of hydrogen-bond acceptors (Lipinski definition) is 6. The molecule has 4 amide bonds. The summed E-state index contributed by atoms with van der Waals surface area (Å²) in [6, 6.07) is 9.80. The quantitative estimate of drug-likeness (QED) is 0.341. The van der Waals surface area contributed by atoms with E-state index in [2.05, 4.69) is 74.9 Å². The van der Waals surface area contributed by atoms with Gasteiger partial charge in [-0.1, -0.05) is 59.7 Å². The fourth-order valence-corrected chi connectivity index (χ4v) is 6.38. The molecule has 4 aromatic rings. The van der Waals surface area contributed by atoms with Gasteiger partial charge in [-0.2, -0.15) is 0 Å². The fourth-order valence-electron chi connectivity index (χ4n) is 6.38. The van der Waals surface area contributed by atoms with Crippen molar-refractivity contribution in [3.8, 4) is 0 Å². The highest BCUT2D eigenvalue weighted by Crippen LogP contribution is 2.37. The molecule has 224 valence electrons. The van der Waals surface area contributed by atoms with Gasteiger partial charge in [-0.3, -0.25) is 29.8 Å². The molecule has 0 saturated carbocycles. The lowest BCUT2D eigenvalue weighted by Gasteiger charge is -2.25. The zero-order valence-corrected chi connectivity index (χ0v) is 25.6. The van der Waals surface area contributed by atoms with Crippen molar-refractivity contribution in [2.45, 2.75) is 96.6 Å². The molecule has 2 aliphatic rings. The molecule has 10 nitrogen and oxygen atoms in total. The van der Waals surface area contributed by atoms with Gasteiger partial charge >= 0.3 is 0 Å². The van der Waals surface area contributed by atoms with Crippen molar-refractivity contribution < 1.29 is 19.2 Å². The van der Waals surface area contributed by atoms with Gasteiger partial charge in [-0.25, -0.2) is 9.97 Å². The van der Waals surface area contributed by atoms with Crippen LogP contribution in [0.1, 0.15) is 102 Å².